The molecule has 0 aliphatic carbocycles. The number of ether oxygens (including phenoxy) is 1. The normalized spacial score (nSPS) is 14.5. The van der Waals surface area contributed by atoms with E-state index in [2.05, 4.69) is 4.74 Å². The van der Waals surface area contributed by atoms with Crippen molar-refractivity contribution < 1.29 is 28.3 Å². The molecular weight excluding hydrogens is 331 g/mol. The van der Waals surface area contributed by atoms with Crippen LogP contribution in [0.5, 0.6) is 0 Å². The minimum Gasteiger partial charge on any atom is -0.469 e. The first-order valence-corrected chi connectivity index (χ1v) is 9.80. The Morgan fingerprint density at radius 3 is 2.38 bits per heavy atom. The molecule has 0 bridgehead atoms. The standard InChI is InChI=1S/C17H25O6P/c1-3-14(15-8-5-4-6-9-15)12-13-24(20,21)23-17(19)11-7-10-16(18)22-2/h4-6,8-9,14H,3,7,10-13H2,1-2H3,(H,20,21). The predicted molar refractivity (Wildman–Crippen MR) is 90.7 cm³/mol. The zero-order chi connectivity index (χ0) is 18.0. The van der Waals surface area contributed by atoms with Gasteiger partial charge in [0.2, 0.25) is 0 Å². The fraction of sp³-hybridized carbons (Fsp3) is 0.529. The van der Waals surface area contributed by atoms with Crippen molar-refractivity contribution in [1.29, 1.82) is 0 Å². The van der Waals surface area contributed by atoms with Crippen LogP contribution in [0.4, 0.5) is 0 Å². The lowest BCUT2D eigenvalue weighted by Gasteiger charge is -2.17. The van der Waals surface area contributed by atoms with Crippen molar-refractivity contribution >= 4 is 19.5 Å². The molecule has 6 nitrogen and oxygen atoms in total. The van der Waals surface area contributed by atoms with Crippen molar-refractivity contribution in [2.45, 2.75) is 44.9 Å². The molecule has 0 aliphatic rings. The summed E-state index contributed by atoms with van der Waals surface area (Å²) in [6.07, 6.45) is 1.43. The number of rotatable bonds is 10. The molecule has 24 heavy (non-hydrogen) atoms. The Hall–Kier alpha value is -1.65. The van der Waals surface area contributed by atoms with E-state index in [0.29, 0.717) is 6.42 Å². The number of carbonyl (C=O) groups excluding carboxylic acids is 2. The van der Waals surface area contributed by atoms with E-state index in [1.807, 2.05) is 37.3 Å². The van der Waals surface area contributed by atoms with Gasteiger partial charge in [0.05, 0.1) is 13.3 Å². The van der Waals surface area contributed by atoms with Crippen LogP contribution in [0, 0.1) is 0 Å². The molecule has 7 heteroatoms. The molecule has 0 heterocycles. The molecular formula is C17H25O6P. The summed E-state index contributed by atoms with van der Waals surface area (Å²) in [5, 5.41) is 0. The van der Waals surface area contributed by atoms with Crippen LogP contribution >= 0.6 is 7.60 Å². The molecule has 2 unspecified atom stereocenters. The summed E-state index contributed by atoms with van der Waals surface area (Å²) in [4.78, 5) is 32.4. The third-order valence-corrected chi connectivity index (χ3v) is 5.07. The molecule has 0 fully saturated rings. The minimum absolute atomic E-state index is 0.0766. The molecule has 1 aromatic carbocycles. The molecule has 2 atom stereocenters. The lowest BCUT2D eigenvalue weighted by atomic mass is 9.94. The second kappa shape index (κ2) is 10.3. The van der Waals surface area contributed by atoms with Crippen molar-refractivity contribution in [2.75, 3.05) is 13.3 Å². The summed E-state index contributed by atoms with van der Waals surface area (Å²) in [6.45, 7) is 2.01. The second-order valence-corrected chi connectivity index (χ2v) is 7.46. The van der Waals surface area contributed by atoms with E-state index < -0.39 is 19.5 Å². The first kappa shape index (κ1) is 20.4. The second-order valence-electron chi connectivity index (χ2n) is 5.56. The maximum atomic E-state index is 12.1. The summed E-state index contributed by atoms with van der Waals surface area (Å²) in [7, 11) is -2.71. The molecule has 0 saturated heterocycles. The SMILES string of the molecule is CCC(CCP(=O)(O)OC(=O)CCCC(=O)OC)c1ccccc1. The number of methoxy groups -OCH3 is 1. The van der Waals surface area contributed by atoms with Crippen molar-refractivity contribution in [1.82, 2.24) is 0 Å². The van der Waals surface area contributed by atoms with Crippen LogP contribution in [0.25, 0.3) is 0 Å². The molecule has 0 aromatic heterocycles. The highest BCUT2D eigenvalue weighted by molar-refractivity contribution is 7.53. The van der Waals surface area contributed by atoms with Gasteiger partial charge >= 0.3 is 19.5 Å². The average Bonchev–Trinajstić information content (AvgIpc) is 2.55. The predicted octanol–water partition coefficient (Wildman–Crippen LogP) is 3.64. The summed E-state index contributed by atoms with van der Waals surface area (Å²) < 4.78 is 21.2. The molecule has 0 spiro atoms. The van der Waals surface area contributed by atoms with E-state index in [-0.39, 0.29) is 31.3 Å². The van der Waals surface area contributed by atoms with Crippen LogP contribution < -0.4 is 0 Å². The Bertz CT molecular complexity index is 572. The topological polar surface area (TPSA) is 89.9 Å². The molecule has 0 saturated carbocycles. The largest absolute Gasteiger partial charge is 0.469 e. The third-order valence-electron chi connectivity index (χ3n) is 3.76. The molecule has 0 amide bonds. The van der Waals surface area contributed by atoms with Crippen LogP contribution in [0.3, 0.4) is 0 Å². The average molecular weight is 356 g/mol. The molecule has 0 radical (unpaired) electrons. The number of benzene rings is 1. The Morgan fingerprint density at radius 1 is 1.17 bits per heavy atom. The van der Waals surface area contributed by atoms with Crippen molar-refractivity contribution in [3.8, 4) is 0 Å². The van der Waals surface area contributed by atoms with Crippen LogP contribution in [0.1, 0.15) is 50.5 Å². The fourth-order valence-corrected chi connectivity index (χ4v) is 3.52. The Morgan fingerprint density at radius 2 is 1.79 bits per heavy atom. The van der Waals surface area contributed by atoms with Gasteiger partial charge in [0.1, 0.15) is 0 Å². The molecule has 1 N–H and O–H groups in total. The Balaban J connectivity index is 2.43. The van der Waals surface area contributed by atoms with E-state index in [1.54, 1.807) is 0 Å². The van der Waals surface area contributed by atoms with E-state index >= 15 is 0 Å². The molecule has 1 aromatic rings. The van der Waals surface area contributed by atoms with E-state index in [4.69, 9.17) is 4.52 Å². The zero-order valence-corrected chi connectivity index (χ0v) is 15.0. The van der Waals surface area contributed by atoms with Crippen molar-refractivity contribution in [2.24, 2.45) is 0 Å². The van der Waals surface area contributed by atoms with Crippen molar-refractivity contribution in [3.63, 3.8) is 0 Å². The van der Waals surface area contributed by atoms with Crippen molar-refractivity contribution in [3.05, 3.63) is 35.9 Å². The number of esters is 1. The van der Waals surface area contributed by atoms with Gasteiger partial charge in [0, 0.05) is 12.8 Å². The van der Waals surface area contributed by atoms with Gasteiger partial charge < -0.3 is 14.2 Å². The summed E-state index contributed by atoms with van der Waals surface area (Å²) in [5.74, 6) is -1.05. The smallest absolute Gasteiger partial charge is 0.378 e. The van der Waals surface area contributed by atoms with E-state index in [1.165, 1.54) is 7.11 Å². The molecule has 1 rings (SSSR count). The zero-order valence-electron chi connectivity index (χ0n) is 14.1. The fourth-order valence-electron chi connectivity index (χ4n) is 2.38. The van der Waals surface area contributed by atoms with Gasteiger partial charge in [-0.1, -0.05) is 37.3 Å². The summed E-state index contributed by atoms with van der Waals surface area (Å²) in [5.41, 5.74) is 1.10. The van der Waals surface area contributed by atoms with Gasteiger partial charge in [-0.3, -0.25) is 9.59 Å². The Labute approximate surface area is 142 Å². The lowest BCUT2D eigenvalue weighted by Crippen LogP contribution is -2.08. The van der Waals surface area contributed by atoms with Gasteiger partial charge in [-0.15, -0.1) is 0 Å². The molecule has 0 aliphatic heterocycles. The maximum Gasteiger partial charge on any atom is 0.378 e. The quantitative estimate of drug-likeness (QED) is 0.508. The number of carbonyl (C=O) groups is 2. The van der Waals surface area contributed by atoms with Gasteiger partial charge in [-0.05, 0) is 30.7 Å². The van der Waals surface area contributed by atoms with Crippen LogP contribution in [0.2, 0.25) is 0 Å². The highest BCUT2D eigenvalue weighted by Gasteiger charge is 2.25. The monoisotopic (exact) mass is 356 g/mol. The highest BCUT2D eigenvalue weighted by atomic mass is 31.2. The first-order chi connectivity index (χ1) is 11.4. The maximum absolute atomic E-state index is 12.1. The third kappa shape index (κ3) is 7.75. The van der Waals surface area contributed by atoms with Gasteiger partial charge in [0.25, 0.3) is 0 Å². The summed E-state index contributed by atoms with van der Waals surface area (Å²) >= 11 is 0. The van der Waals surface area contributed by atoms with Gasteiger partial charge in [-0.25, -0.2) is 4.57 Å². The van der Waals surface area contributed by atoms with Gasteiger partial charge in [-0.2, -0.15) is 0 Å². The van der Waals surface area contributed by atoms with Crippen LogP contribution in [-0.2, 0) is 23.4 Å². The highest BCUT2D eigenvalue weighted by Crippen LogP contribution is 2.45. The first-order valence-electron chi connectivity index (χ1n) is 8.04. The van der Waals surface area contributed by atoms with E-state index in [0.717, 1.165) is 12.0 Å². The number of hydrogen-bond donors (Lipinski definition) is 1. The van der Waals surface area contributed by atoms with Crippen LogP contribution in [0.15, 0.2) is 30.3 Å². The number of hydrogen-bond acceptors (Lipinski definition) is 5. The summed E-state index contributed by atoms with van der Waals surface area (Å²) in [6, 6.07) is 9.74. The van der Waals surface area contributed by atoms with E-state index in [9.17, 15) is 19.0 Å². The Kier molecular flexibility index (Phi) is 8.72. The minimum atomic E-state index is -3.97. The molecule has 134 valence electrons. The van der Waals surface area contributed by atoms with Crippen LogP contribution in [-0.4, -0.2) is 30.1 Å². The lowest BCUT2D eigenvalue weighted by molar-refractivity contribution is -0.141. The van der Waals surface area contributed by atoms with Gasteiger partial charge in [0.15, 0.2) is 0 Å².